The summed E-state index contributed by atoms with van der Waals surface area (Å²) in [5.41, 5.74) is 9.95. The van der Waals surface area contributed by atoms with Crippen LogP contribution in [0.25, 0.3) is 0 Å². The second kappa shape index (κ2) is 11.7. The van der Waals surface area contributed by atoms with Crippen LogP contribution < -0.4 is 16.4 Å². The van der Waals surface area contributed by atoms with Crippen molar-refractivity contribution in [1.29, 1.82) is 0 Å². The van der Waals surface area contributed by atoms with Crippen molar-refractivity contribution in [3.05, 3.63) is 126 Å². The van der Waals surface area contributed by atoms with Gasteiger partial charge < -0.3 is 21.1 Å². The number of hydrogen-bond donors (Lipinski definition) is 3. The third kappa shape index (κ3) is 6.07. The highest BCUT2D eigenvalue weighted by Crippen LogP contribution is 2.26. The zero-order valence-electron chi connectivity index (χ0n) is 19.9. The number of carbonyl (C=O) groups excluding carboxylic acids is 2. The maximum atomic E-state index is 12.9. The van der Waals surface area contributed by atoms with E-state index in [1.807, 2.05) is 73.7 Å². The molecule has 4 rings (SSSR count). The van der Waals surface area contributed by atoms with Crippen molar-refractivity contribution >= 4 is 23.4 Å². The van der Waals surface area contributed by atoms with E-state index in [4.69, 9.17) is 10.5 Å². The molecule has 0 fully saturated rings. The molecule has 0 radical (unpaired) electrons. The Kier molecular flexibility index (Phi) is 7.93. The minimum atomic E-state index is -0.589. The second-order valence-electron chi connectivity index (χ2n) is 8.25. The minimum Gasteiger partial charge on any atom is -0.436 e. The third-order valence-corrected chi connectivity index (χ3v) is 5.80. The third-order valence-electron chi connectivity index (χ3n) is 5.80. The van der Waals surface area contributed by atoms with Crippen LogP contribution in [0.2, 0.25) is 0 Å². The van der Waals surface area contributed by atoms with E-state index in [0.717, 1.165) is 16.7 Å². The average Bonchev–Trinajstić information content (AvgIpc) is 2.92. The molecule has 182 valence electrons. The number of aromatic nitrogens is 1. The number of amides is 2. The molecule has 0 bridgehead atoms. The molecule has 0 unspecified atom stereocenters. The second-order valence-corrected chi connectivity index (χ2v) is 8.25. The highest BCUT2D eigenvalue weighted by atomic mass is 16.6. The highest BCUT2D eigenvalue weighted by Gasteiger charge is 2.21. The minimum absolute atomic E-state index is 0.262. The SMILES string of the molecule is CC[C@H](NC(=O)O[C@@H](c1ccccc1)c1cccnc1)c1ccc(C(=O)Nc2ccccc2N)cc1. The maximum absolute atomic E-state index is 12.9. The Hall–Kier alpha value is -4.65. The van der Waals surface area contributed by atoms with Gasteiger partial charge in [0.1, 0.15) is 0 Å². The first-order chi connectivity index (χ1) is 17.5. The topological polar surface area (TPSA) is 106 Å². The normalized spacial score (nSPS) is 12.2. The summed E-state index contributed by atoms with van der Waals surface area (Å²) in [5, 5.41) is 5.77. The van der Waals surface area contributed by atoms with E-state index in [1.165, 1.54) is 0 Å². The summed E-state index contributed by atoms with van der Waals surface area (Å²) in [6.45, 7) is 1.97. The number of nitrogen functional groups attached to an aromatic ring is 1. The van der Waals surface area contributed by atoms with E-state index in [1.54, 1.807) is 36.7 Å². The van der Waals surface area contributed by atoms with Crippen LogP contribution >= 0.6 is 0 Å². The molecule has 0 saturated heterocycles. The number of carbonyl (C=O) groups is 2. The van der Waals surface area contributed by atoms with Crippen molar-refractivity contribution in [2.75, 3.05) is 11.1 Å². The van der Waals surface area contributed by atoms with Crippen molar-refractivity contribution in [3.8, 4) is 0 Å². The van der Waals surface area contributed by atoms with E-state index < -0.39 is 12.2 Å². The van der Waals surface area contributed by atoms with Crippen LogP contribution in [-0.4, -0.2) is 17.0 Å². The molecule has 7 nitrogen and oxygen atoms in total. The fraction of sp³-hybridized carbons (Fsp3) is 0.138. The van der Waals surface area contributed by atoms with E-state index >= 15 is 0 Å². The van der Waals surface area contributed by atoms with Gasteiger partial charge in [0, 0.05) is 23.5 Å². The number of pyridine rings is 1. The molecular weight excluding hydrogens is 452 g/mol. The lowest BCUT2D eigenvalue weighted by molar-refractivity contribution is 0.102. The van der Waals surface area contributed by atoms with Gasteiger partial charge >= 0.3 is 6.09 Å². The fourth-order valence-electron chi connectivity index (χ4n) is 3.86. The Labute approximate surface area is 210 Å². The lowest BCUT2D eigenvalue weighted by atomic mass is 10.0. The number of para-hydroxylation sites is 2. The molecule has 2 atom stereocenters. The summed E-state index contributed by atoms with van der Waals surface area (Å²) in [5.74, 6) is -0.262. The molecule has 0 spiro atoms. The van der Waals surface area contributed by atoms with Gasteiger partial charge in [0.15, 0.2) is 6.10 Å². The van der Waals surface area contributed by atoms with Crippen molar-refractivity contribution < 1.29 is 14.3 Å². The molecule has 0 aliphatic rings. The van der Waals surface area contributed by atoms with E-state index in [2.05, 4.69) is 15.6 Å². The standard InChI is InChI=1S/C29H28N4O3/c1-2-25(20-14-16-22(17-15-20)28(34)32-26-13-7-6-12-24(26)30)33-29(35)36-27(21-9-4-3-5-10-21)23-11-8-18-31-19-23/h3-19,25,27H,2,30H2,1H3,(H,32,34)(H,33,35)/t25-,27-/m0/s1. The first-order valence-corrected chi connectivity index (χ1v) is 11.7. The van der Waals surface area contributed by atoms with Gasteiger partial charge in [-0.15, -0.1) is 0 Å². The zero-order valence-corrected chi connectivity index (χ0v) is 19.9. The Morgan fingerprint density at radius 1 is 0.861 bits per heavy atom. The molecule has 4 N–H and O–H groups in total. The number of nitrogens with zero attached hydrogens (tertiary/aromatic N) is 1. The highest BCUT2D eigenvalue weighted by molar-refractivity contribution is 6.05. The molecule has 0 aliphatic heterocycles. The largest absolute Gasteiger partial charge is 0.436 e. The van der Waals surface area contributed by atoms with E-state index in [0.29, 0.717) is 23.4 Å². The van der Waals surface area contributed by atoms with Gasteiger partial charge in [0.05, 0.1) is 17.4 Å². The first kappa shape index (κ1) is 24.5. The smallest absolute Gasteiger partial charge is 0.408 e. The van der Waals surface area contributed by atoms with Crippen LogP contribution in [-0.2, 0) is 4.74 Å². The number of benzene rings is 3. The van der Waals surface area contributed by atoms with Crippen molar-refractivity contribution in [2.45, 2.75) is 25.5 Å². The van der Waals surface area contributed by atoms with Crippen LogP contribution in [0.15, 0.2) is 103 Å². The van der Waals surface area contributed by atoms with Crippen molar-refractivity contribution in [3.63, 3.8) is 0 Å². The Bertz CT molecular complexity index is 1260. The van der Waals surface area contributed by atoms with Gasteiger partial charge in [-0.2, -0.15) is 0 Å². The lowest BCUT2D eigenvalue weighted by Gasteiger charge is -2.22. The van der Waals surface area contributed by atoms with Crippen LogP contribution in [0.5, 0.6) is 0 Å². The number of nitrogens with one attached hydrogen (secondary N) is 2. The summed E-state index contributed by atoms with van der Waals surface area (Å²) in [7, 11) is 0. The van der Waals surface area contributed by atoms with E-state index in [-0.39, 0.29) is 11.9 Å². The van der Waals surface area contributed by atoms with Crippen LogP contribution in [0, 0.1) is 0 Å². The van der Waals surface area contributed by atoms with E-state index in [9.17, 15) is 9.59 Å². The molecule has 4 aromatic rings. The number of anilines is 2. The van der Waals surface area contributed by atoms with Crippen LogP contribution in [0.4, 0.5) is 16.2 Å². The van der Waals surface area contributed by atoms with Crippen molar-refractivity contribution in [1.82, 2.24) is 10.3 Å². The van der Waals surface area contributed by atoms with Gasteiger partial charge in [0.2, 0.25) is 0 Å². The fourth-order valence-corrected chi connectivity index (χ4v) is 3.86. The zero-order chi connectivity index (χ0) is 25.3. The quantitative estimate of drug-likeness (QED) is 0.273. The molecule has 1 aromatic heterocycles. The Balaban J connectivity index is 1.44. The molecule has 36 heavy (non-hydrogen) atoms. The molecule has 7 heteroatoms. The molecule has 0 saturated carbocycles. The lowest BCUT2D eigenvalue weighted by Crippen LogP contribution is -2.30. The summed E-state index contributed by atoms with van der Waals surface area (Å²) in [6.07, 6.45) is 2.88. The molecular formula is C29H28N4O3. The van der Waals surface area contributed by atoms with Gasteiger partial charge in [0.25, 0.3) is 5.91 Å². The molecule has 2 amide bonds. The maximum Gasteiger partial charge on any atom is 0.408 e. The van der Waals surface area contributed by atoms with Gasteiger partial charge in [-0.3, -0.25) is 9.78 Å². The number of nitrogens with two attached hydrogens (primary N) is 1. The van der Waals surface area contributed by atoms with Crippen LogP contribution in [0.3, 0.4) is 0 Å². The summed E-state index contributed by atoms with van der Waals surface area (Å²) in [6, 6.07) is 27.1. The summed E-state index contributed by atoms with van der Waals surface area (Å²) in [4.78, 5) is 29.7. The van der Waals surface area contributed by atoms with Crippen molar-refractivity contribution in [2.24, 2.45) is 0 Å². The molecule has 3 aromatic carbocycles. The van der Waals surface area contributed by atoms with Gasteiger partial charge in [-0.1, -0.05) is 67.6 Å². The first-order valence-electron chi connectivity index (χ1n) is 11.7. The Morgan fingerprint density at radius 2 is 1.56 bits per heavy atom. The predicted octanol–water partition coefficient (Wildman–Crippen LogP) is 5.88. The van der Waals surface area contributed by atoms with Gasteiger partial charge in [-0.05, 0) is 47.9 Å². The number of ether oxygens (including phenoxy) is 1. The Morgan fingerprint density at radius 3 is 2.22 bits per heavy atom. The summed E-state index contributed by atoms with van der Waals surface area (Å²) < 4.78 is 5.85. The monoisotopic (exact) mass is 480 g/mol. The number of alkyl carbamates (subject to hydrolysis) is 1. The van der Waals surface area contributed by atoms with Crippen LogP contribution in [0.1, 0.15) is 52.5 Å². The summed E-state index contributed by atoms with van der Waals surface area (Å²) >= 11 is 0. The number of rotatable bonds is 8. The molecule has 0 aliphatic carbocycles. The number of hydrogen-bond acceptors (Lipinski definition) is 5. The predicted molar refractivity (Wildman–Crippen MR) is 140 cm³/mol. The van der Waals surface area contributed by atoms with Gasteiger partial charge in [-0.25, -0.2) is 4.79 Å². The average molecular weight is 481 g/mol. The molecule has 1 heterocycles.